The summed E-state index contributed by atoms with van der Waals surface area (Å²) in [5.41, 5.74) is 8.06. The number of hydrogen-bond donors (Lipinski definition) is 3. The van der Waals surface area contributed by atoms with Gasteiger partial charge in [0.1, 0.15) is 29.5 Å². The fourth-order valence-corrected chi connectivity index (χ4v) is 7.13. The highest BCUT2D eigenvalue weighted by Crippen LogP contribution is 2.45. The molecule has 0 radical (unpaired) electrons. The first kappa shape index (κ1) is 30.4. The van der Waals surface area contributed by atoms with Crippen LogP contribution in [0.15, 0.2) is 88.4 Å². The number of rotatable bonds is 11. The van der Waals surface area contributed by atoms with E-state index >= 15 is 0 Å². The van der Waals surface area contributed by atoms with E-state index in [-0.39, 0.29) is 35.7 Å². The Morgan fingerprint density at radius 3 is 2.63 bits per heavy atom. The molecule has 2 aliphatic heterocycles. The Balaban J connectivity index is 1.35. The summed E-state index contributed by atoms with van der Waals surface area (Å²) in [6.45, 7) is 0.372. The largest absolute Gasteiger partial charge is 0.497 e. The molecule has 3 heterocycles. The zero-order chi connectivity index (χ0) is 30.3. The number of thiocarbonyl (C=S) groups is 1. The van der Waals surface area contributed by atoms with Crippen molar-refractivity contribution in [3.05, 3.63) is 100 Å². The van der Waals surface area contributed by atoms with Crippen LogP contribution >= 0.6 is 35.7 Å². The second kappa shape index (κ2) is 13.9. The number of aromatic nitrogens is 1. The lowest BCUT2D eigenvalue weighted by molar-refractivity contribution is -0.153. The molecule has 0 bridgehead atoms. The molecule has 5 rings (SSSR count). The first-order valence-electron chi connectivity index (χ1n) is 13.3. The highest BCUT2D eigenvalue weighted by atomic mass is 32.2. The quantitative estimate of drug-likeness (QED) is 0.163. The smallest absolute Gasteiger partial charge is 0.356 e. The fourth-order valence-electron chi connectivity index (χ4n) is 4.54. The second-order valence-electron chi connectivity index (χ2n) is 9.62. The summed E-state index contributed by atoms with van der Waals surface area (Å²) < 4.78 is 10.9. The van der Waals surface area contributed by atoms with Gasteiger partial charge in [-0.15, -0.1) is 11.8 Å². The SMILES string of the molecule is COc1ccc(COC(=O)C2=C(Sc3ccnc(CNC(N)=S)c3)CS[C@H]3[C@H](NC(=O)Cc4ccccc4)C(=O)N23)cc1. The van der Waals surface area contributed by atoms with E-state index in [0.717, 1.165) is 16.0 Å². The van der Waals surface area contributed by atoms with Crippen LogP contribution in [0.5, 0.6) is 5.75 Å². The van der Waals surface area contributed by atoms with E-state index in [2.05, 4.69) is 15.6 Å². The van der Waals surface area contributed by atoms with Crippen LogP contribution in [0.4, 0.5) is 0 Å². The summed E-state index contributed by atoms with van der Waals surface area (Å²) in [5, 5.41) is 5.47. The highest BCUT2D eigenvalue weighted by Gasteiger charge is 2.54. The number of amides is 2. The summed E-state index contributed by atoms with van der Waals surface area (Å²) in [6, 6.07) is 19.4. The Morgan fingerprint density at radius 2 is 1.91 bits per heavy atom. The number of esters is 1. The van der Waals surface area contributed by atoms with Crippen molar-refractivity contribution in [2.45, 2.75) is 35.9 Å². The molecule has 1 saturated heterocycles. The van der Waals surface area contributed by atoms with Crippen molar-refractivity contribution < 1.29 is 23.9 Å². The van der Waals surface area contributed by atoms with Crippen LogP contribution in [-0.4, -0.2) is 57.1 Å². The maximum atomic E-state index is 13.6. The van der Waals surface area contributed by atoms with Crippen molar-refractivity contribution in [1.82, 2.24) is 20.5 Å². The molecule has 1 fully saturated rings. The number of hydrogen-bond acceptors (Lipinski definition) is 9. The molecular formula is C30H29N5O5S3. The Bertz CT molecular complexity index is 1550. The number of nitrogens with zero attached hydrogens (tertiary/aromatic N) is 2. The fraction of sp³-hybridized carbons (Fsp3) is 0.233. The van der Waals surface area contributed by atoms with Crippen LogP contribution in [0.2, 0.25) is 0 Å². The van der Waals surface area contributed by atoms with E-state index < -0.39 is 17.4 Å². The van der Waals surface area contributed by atoms with Crippen LogP contribution < -0.4 is 21.1 Å². The van der Waals surface area contributed by atoms with Gasteiger partial charge in [-0.05, 0) is 47.6 Å². The molecule has 0 saturated carbocycles. The molecule has 2 amide bonds. The number of carbonyl (C=O) groups excluding carboxylic acids is 3. The maximum absolute atomic E-state index is 13.6. The van der Waals surface area contributed by atoms with Crippen molar-refractivity contribution >= 4 is 58.6 Å². The van der Waals surface area contributed by atoms with E-state index in [4.69, 9.17) is 27.4 Å². The minimum atomic E-state index is -0.740. The Kier molecular flexibility index (Phi) is 9.85. The standard InChI is InChI=1S/C30H29N5O5S3/c1-39-21-9-7-19(8-10-21)16-40-29(38)26-23(43-22-11-12-32-20(14-22)15-33-30(31)41)17-42-28-25(27(37)35(26)28)34-24(36)13-18-5-3-2-4-6-18/h2-12,14,25,28H,13,15-17H2,1H3,(H,34,36)(H3,31,33,41)/t25-,28+/m1/s1. The zero-order valence-electron chi connectivity index (χ0n) is 23.1. The van der Waals surface area contributed by atoms with E-state index in [9.17, 15) is 14.4 Å². The number of pyridine rings is 1. The van der Waals surface area contributed by atoms with Gasteiger partial charge >= 0.3 is 5.97 Å². The van der Waals surface area contributed by atoms with Crippen molar-refractivity contribution in [3.63, 3.8) is 0 Å². The molecule has 1 aromatic heterocycles. The van der Waals surface area contributed by atoms with Crippen molar-refractivity contribution in [2.75, 3.05) is 12.9 Å². The van der Waals surface area contributed by atoms with Gasteiger partial charge < -0.3 is 25.8 Å². The third-order valence-electron chi connectivity index (χ3n) is 6.65. The Labute approximate surface area is 262 Å². The molecule has 0 spiro atoms. The van der Waals surface area contributed by atoms with Gasteiger partial charge in [-0.25, -0.2) is 4.79 Å². The minimum absolute atomic E-state index is 0.0193. The summed E-state index contributed by atoms with van der Waals surface area (Å²) in [5.74, 6) is -0.0950. The van der Waals surface area contributed by atoms with E-state index in [0.29, 0.717) is 28.6 Å². The van der Waals surface area contributed by atoms with E-state index in [1.54, 1.807) is 25.4 Å². The van der Waals surface area contributed by atoms with Gasteiger partial charge in [-0.1, -0.05) is 54.2 Å². The number of ether oxygens (including phenoxy) is 2. The molecule has 43 heavy (non-hydrogen) atoms. The Hall–Kier alpha value is -4.07. The van der Waals surface area contributed by atoms with Crippen LogP contribution in [-0.2, 0) is 38.7 Å². The third-order valence-corrected chi connectivity index (χ3v) is 9.33. The lowest BCUT2D eigenvalue weighted by Crippen LogP contribution is -2.70. The monoisotopic (exact) mass is 635 g/mol. The highest BCUT2D eigenvalue weighted by molar-refractivity contribution is 8.06. The number of nitrogens with one attached hydrogen (secondary N) is 2. The lowest BCUT2D eigenvalue weighted by Gasteiger charge is -2.49. The number of β-lactam (4-membered cyclic amide) rings is 1. The summed E-state index contributed by atoms with van der Waals surface area (Å²) in [4.78, 5) is 47.0. The number of nitrogens with two attached hydrogens (primary N) is 1. The topological polar surface area (TPSA) is 136 Å². The van der Waals surface area contributed by atoms with Gasteiger partial charge in [-0.2, -0.15) is 0 Å². The molecule has 4 N–H and O–H groups in total. The summed E-state index contributed by atoms with van der Waals surface area (Å²) in [7, 11) is 1.58. The molecule has 0 unspecified atom stereocenters. The zero-order valence-corrected chi connectivity index (χ0v) is 25.6. The summed E-state index contributed by atoms with van der Waals surface area (Å²) in [6.07, 6.45) is 1.82. The van der Waals surface area contributed by atoms with E-state index in [1.807, 2.05) is 54.6 Å². The molecule has 13 heteroatoms. The molecule has 2 aliphatic rings. The van der Waals surface area contributed by atoms with Gasteiger partial charge in [0, 0.05) is 21.8 Å². The van der Waals surface area contributed by atoms with Crippen LogP contribution in [0.25, 0.3) is 0 Å². The van der Waals surface area contributed by atoms with Gasteiger partial charge in [0.05, 0.1) is 25.8 Å². The normalized spacial score (nSPS) is 17.4. The molecule has 222 valence electrons. The first-order valence-corrected chi connectivity index (χ1v) is 15.6. The van der Waals surface area contributed by atoms with Gasteiger partial charge in [0.2, 0.25) is 5.91 Å². The second-order valence-corrected chi connectivity index (χ2v) is 12.3. The van der Waals surface area contributed by atoms with Crippen molar-refractivity contribution in [1.29, 1.82) is 0 Å². The number of methoxy groups -OCH3 is 1. The van der Waals surface area contributed by atoms with Gasteiger partial charge in [0.25, 0.3) is 5.91 Å². The average Bonchev–Trinajstić information content (AvgIpc) is 3.02. The van der Waals surface area contributed by atoms with E-state index in [1.165, 1.54) is 28.4 Å². The lowest BCUT2D eigenvalue weighted by atomic mass is 10.0. The molecule has 2 atom stereocenters. The van der Waals surface area contributed by atoms with Crippen LogP contribution in [0, 0.1) is 0 Å². The summed E-state index contributed by atoms with van der Waals surface area (Å²) >= 11 is 7.74. The van der Waals surface area contributed by atoms with Crippen LogP contribution in [0.1, 0.15) is 16.8 Å². The minimum Gasteiger partial charge on any atom is -0.497 e. The average molecular weight is 636 g/mol. The molecule has 0 aliphatic carbocycles. The number of benzene rings is 2. The number of carbonyl (C=O) groups is 3. The number of fused-ring (bicyclic) bond motifs is 1. The number of thioether (sulfide) groups is 2. The third kappa shape index (κ3) is 7.48. The van der Waals surface area contributed by atoms with Gasteiger partial charge in [0.15, 0.2) is 5.11 Å². The van der Waals surface area contributed by atoms with Gasteiger partial charge in [-0.3, -0.25) is 19.5 Å². The van der Waals surface area contributed by atoms with Crippen molar-refractivity contribution in [2.24, 2.45) is 5.73 Å². The molecular weight excluding hydrogens is 607 g/mol. The van der Waals surface area contributed by atoms with Crippen molar-refractivity contribution in [3.8, 4) is 5.75 Å². The predicted octanol–water partition coefficient (Wildman–Crippen LogP) is 3.11. The molecule has 3 aromatic rings. The maximum Gasteiger partial charge on any atom is 0.356 e. The molecule has 10 nitrogen and oxygen atoms in total. The first-order chi connectivity index (χ1) is 20.8. The Morgan fingerprint density at radius 1 is 1.14 bits per heavy atom. The molecule has 2 aromatic carbocycles. The van der Waals surface area contributed by atoms with Crippen LogP contribution in [0.3, 0.4) is 0 Å². The predicted molar refractivity (Wildman–Crippen MR) is 169 cm³/mol.